The van der Waals surface area contributed by atoms with Gasteiger partial charge in [0.15, 0.2) is 5.82 Å². The lowest BCUT2D eigenvalue weighted by Gasteiger charge is -2.26. The molecule has 0 bridgehead atoms. The Labute approximate surface area is 108 Å². The van der Waals surface area contributed by atoms with E-state index in [1.54, 1.807) is 13.2 Å². The molecule has 4 nitrogen and oxygen atoms in total. The van der Waals surface area contributed by atoms with E-state index in [0.717, 1.165) is 18.7 Å². The Morgan fingerprint density at radius 1 is 1.41 bits per heavy atom. The number of halogens is 1. The molecule has 17 heavy (non-hydrogen) atoms. The molecule has 1 aromatic heterocycles. The molecule has 1 N–H and O–H groups in total. The second-order valence-corrected chi connectivity index (χ2v) is 5.07. The summed E-state index contributed by atoms with van der Waals surface area (Å²) >= 11 is 5.94. The molecule has 0 fully saturated rings. The zero-order chi connectivity index (χ0) is 12.9. The summed E-state index contributed by atoms with van der Waals surface area (Å²) in [6.07, 6.45) is 2.18. The number of hydrogen-bond acceptors (Lipinski definition) is 4. The van der Waals surface area contributed by atoms with Gasteiger partial charge in [-0.05, 0) is 20.3 Å². The number of ether oxygens (including phenoxy) is 1. The Balaban J connectivity index is 2.83. The fraction of sp³-hybridized carbons (Fsp3) is 0.667. The SMILES string of the molecule is CCCC(C)(C)Nc1cc(Cl)nc(COC)n1. The quantitative estimate of drug-likeness (QED) is 0.795. The normalized spacial score (nSPS) is 11.6. The van der Waals surface area contributed by atoms with E-state index in [-0.39, 0.29) is 5.54 Å². The van der Waals surface area contributed by atoms with Gasteiger partial charge in [-0.15, -0.1) is 0 Å². The van der Waals surface area contributed by atoms with Gasteiger partial charge in [0.1, 0.15) is 17.6 Å². The Morgan fingerprint density at radius 2 is 2.12 bits per heavy atom. The van der Waals surface area contributed by atoms with Crippen LogP contribution in [-0.2, 0) is 11.3 Å². The molecule has 1 rings (SSSR count). The number of anilines is 1. The topological polar surface area (TPSA) is 47.0 Å². The van der Waals surface area contributed by atoms with Gasteiger partial charge in [-0.2, -0.15) is 0 Å². The summed E-state index contributed by atoms with van der Waals surface area (Å²) in [5.41, 5.74) is -0.00320. The number of aromatic nitrogens is 2. The van der Waals surface area contributed by atoms with Gasteiger partial charge in [0.05, 0.1) is 0 Å². The molecule has 0 aliphatic heterocycles. The zero-order valence-electron chi connectivity index (χ0n) is 10.9. The third kappa shape index (κ3) is 4.88. The van der Waals surface area contributed by atoms with Crippen LogP contribution in [0.25, 0.3) is 0 Å². The van der Waals surface area contributed by atoms with E-state index in [1.165, 1.54) is 0 Å². The second-order valence-electron chi connectivity index (χ2n) is 4.68. The van der Waals surface area contributed by atoms with Crippen molar-refractivity contribution in [1.29, 1.82) is 0 Å². The van der Waals surface area contributed by atoms with Gasteiger partial charge in [0, 0.05) is 18.7 Å². The van der Waals surface area contributed by atoms with Crippen LogP contribution in [0.2, 0.25) is 5.15 Å². The summed E-state index contributed by atoms with van der Waals surface area (Å²) in [4.78, 5) is 8.45. The molecule has 0 spiro atoms. The molecule has 0 unspecified atom stereocenters. The third-order valence-electron chi connectivity index (χ3n) is 2.36. The molecule has 0 amide bonds. The van der Waals surface area contributed by atoms with E-state index in [2.05, 4.69) is 36.1 Å². The number of hydrogen-bond donors (Lipinski definition) is 1. The summed E-state index contributed by atoms with van der Waals surface area (Å²) < 4.78 is 5.00. The average molecular weight is 258 g/mol. The van der Waals surface area contributed by atoms with Crippen molar-refractivity contribution in [3.8, 4) is 0 Å². The van der Waals surface area contributed by atoms with Crippen molar-refractivity contribution in [2.24, 2.45) is 0 Å². The van der Waals surface area contributed by atoms with Crippen LogP contribution in [0.4, 0.5) is 5.82 Å². The predicted molar refractivity (Wildman–Crippen MR) is 70.4 cm³/mol. The van der Waals surface area contributed by atoms with E-state index in [4.69, 9.17) is 16.3 Å². The lowest BCUT2D eigenvalue weighted by molar-refractivity contribution is 0.178. The highest BCUT2D eigenvalue weighted by molar-refractivity contribution is 6.29. The molecule has 0 saturated carbocycles. The first-order valence-electron chi connectivity index (χ1n) is 5.77. The molecule has 1 aromatic rings. The van der Waals surface area contributed by atoms with Crippen LogP contribution in [-0.4, -0.2) is 22.6 Å². The molecule has 0 aliphatic rings. The predicted octanol–water partition coefficient (Wildman–Crippen LogP) is 3.27. The summed E-state index contributed by atoms with van der Waals surface area (Å²) in [6.45, 7) is 6.81. The minimum absolute atomic E-state index is 0.00320. The third-order valence-corrected chi connectivity index (χ3v) is 2.55. The molecule has 0 saturated heterocycles. The number of methoxy groups -OCH3 is 1. The summed E-state index contributed by atoms with van der Waals surface area (Å²) in [5.74, 6) is 1.34. The van der Waals surface area contributed by atoms with Gasteiger partial charge < -0.3 is 10.1 Å². The molecule has 0 aromatic carbocycles. The highest BCUT2D eigenvalue weighted by atomic mass is 35.5. The zero-order valence-corrected chi connectivity index (χ0v) is 11.6. The number of rotatable bonds is 6. The van der Waals surface area contributed by atoms with Crippen molar-refractivity contribution in [1.82, 2.24) is 9.97 Å². The molecular weight excluding hydrogens is 238 g/mol. The lowest BCUT2D eigenvalue weighted by Crippen LogP contribution is -2.31. The van der Waals surface area contributed by atoms with Gasteiger partial charge >= 0.3 is 0 Å². The van der Waals surface area contributed by atoms with Crippen LogP contribution in [0, 0.1) is 0 Å². The monoisotopic (exact) mass is 257 g/mol. The smallest absolute Gasteiger partial charge is 0.158 e. The largest absolute Gasteiger partial charge is 0.377 e. The molecule has 0 aliphatic carbocycles. The highest BCUT2D eigenvalue weighted by Gasteiger charge is 2.17. The van der Waals surface area contributed by atoms with Crippen LogP contribution in [0.3, 0.4) is 0 Å². The van der Waals surface area contributed by atoms with E-state index in [0.29, 0.717) is 17.6 Å². The average Bonchev–Trinajstić information content (AvgIpc) is 2.15. The van der Waals surface area contributed by atoms with Crippen molar-refractivity contribution < 1.29 is 4.74 Å². The Bertz CT molecular complexity index is 369. The first-order valence-corrected chi connectivity index (χ1v) is 6.15. The van der Waals surface area contributed by atoms with Gasteiger partial charge in [-0.1, -0.05) is 24.9 Å². The first kappa shape index (κ1) is 14.2. The molecule has 0 radical (unpaired) electrons. The molecule has 1 heterocycles. The fourth-order valence-electron chi connectivity index (χ4n) is 1.76. The van der Waals surface area contributed by atoms with Gasteiger partial charge in [-0.25, -0.2) is 9.97 Å². The van der Waals surface area contributed by atoms with Crippen LogP contribution in [0.15, 0.2) is 6.07 Å². The van der Waals surface area contributed by atoms with E-state index in [9.17, 15) is 0 Å². The van der Waals surface area contributed by atoms with Crippen LogP contribution < -0.4 is 5.32 Å². The standard InChI is InChI=1S/C12H20ClN3O/c1-5-6-12(2,3)16-10-7-9(13)14-11(15-10)8-17-4/h7H,5-6,8H2,1-4H3,(H,14,15,16). The van der Waals surface area contributed by atoms with E-state index >= 15 is 0 Å². The summed E-state index contributed by atoms with van der Waals surface area (Å²) in [5, 5.41) is 3.80. The Morgan fingerprint density at radius 3 is 2.71 bits per heavy atom. The summed E-state index contributed by atoms with van der Waals surface area (Å²) in [7, 11) is 1.61. The maximum atomic E-state index is 5.94. The van der Waals surface area contributed by atoms with Crippen molar-refractivity contribution in [2.45, 2.75) is 45.8 Å². The maximum Gasteiger partial charge on any atom is 0.158 e. The van der Waals surface area contributed by atoms with Gasteiger partial charge in [0.25, 0.3) is 0 Å². The lowest BCUT2D eigenvalue weighted by atomic mass is 9.99. The van der Waals surface area contributed by atoms with Crippen LogP contribution in [0.5, 0.6) is 0 Å². The first-order chi connectivity index (χ1) is 7.96. The molecular formula is C12H20ClN3O. The Kier molecular flexibility index (Phi) is 5.15. The second kappa shape index (κ2) is 6.17. The fourth-order valence-corrected chi connectivity index (χ4v) is 1.96. The summed E-state index contributed by atoms with van der Waals surface area (Å²) in [6, 6.07) is 1.73. The van der Waals surface area contributed by atoms with Crippen LogP contribution in [0.1, 0.15) is 39.4 Å². The molecule has 5 heteroatoms. The van der Waals surface area contributed by atoms with Gasteiger partial charge in [0.2, 0.25) is 0 Å². The van der Waals surface area contributed by atoms with E-state index in [1.807, 2.05) is 0 Å². The highest BCUT2D eigenvalue weighted by Crippen LogP contribution is 2.20. The number of nitrogens with zero attached hydrogens (tertiary/aromatic N) is 2. The van der Waals surface area contributed by atoms with E-state index < -0.39 is 0 Å². The van der Waals surface area contributed by atoms with Crippen molar-refractivity contribution >= 4 is 17.4 Å². The molecule has 0 atom stereocenters. The Hall–Kier alpha value is -0.870. The van der Waals surface area contributed by atoms with Crippen molar-refractivity contribution in [3.63, 3.8) is 0 Å². The van der Waals surface area contributed by atoms with Crippen molar-refractivity contribution in [3.05, 3.63) is 17.0 Å². The minimum Gasteiger partial charge on any atom is -0.377 e. The number of nitrogens with one attached hydrogen (secondary N) is 1. The van der Waals surface area contributed by atoms with Crippen molar-refractivity contribution in [2.75, 3.05) is 12.4 Å². The minimum atomic E-state index is -0.00320. The maximum absolute atomic E-state index is 5.94. The van der Waals surface area contributed by atoms with Gasteiger partial charge in [-0.3, -0.25) is 0 Å². The van der Waals surface area contributed by atoms with Crippen LogP contribution >= 0.6 is 11.6 Å². The molecule has 96 valence electrons.